The molecule has 0 heterocycles. The van der Waals surface area contributed by atoms with E-state index in [1.54, 1.807) is 6.92 Å². The standard InChI is InChI=1S/C26H29N3O6/c1-26(24(33)28-13-22(30)27-14-23(31)32)12-6-11-21(26)29-25(34)35-15-20-18-9-4-2-7-16(18)17-8-3-5-10-19(17)20/h2-5,7-10,20-21H,6,11-15H2,1H3,(H,27,30)(H,28,33)(H,29,34)(H,31,32). The van der Waals surface area contributed by atoms with Gasteiger partial charge in [0.2, 0.25) is 11.8 Å². The molecule has 0 aromatic heterocycles. The summed E-state index contributed by atoms with van der Waals surface area (Å²) in [7, 11) is 0. The Morgan fingerprint density at radius 3 is 2.23 bits per heavy atom. The smallest absolute Gasteiger partial charge is 0.407 e. The molecule has 35 heavy (non-hydrogen) atoms. The lowest BCUT2D eigenvalue weighted by molar-refractivity contribution is -0.138. The highest BCUT2D eigenvalue weighted by Gasteiger charge is 2.46. The minimum atomic E-state index is -1.17. The molecule has 2 atom stereocenters. The minimum absolute atomic E-state index is 0.0595. The van der Waals surface area contributed by atoms with Crippen molar-refractivity contribution in [2.75, 3.05) is 19.7 Å². The highest BCUT2D eigenvalue weighted by Crippen LogP contribution is 2.44. The average Bonchev–Trinajstić information content (AvgIpc) is 3.38. The molecule has 2 unspecified atom stereocenters. The number of carbonyl (C=O) groups is 4. The summed E-state index contributed by atoms with van der Waals surface area (Å²) in [4.78, 5) is 47.9. The van der Waals surface area contributed by atoms with E-state index in [4.69, 9.17) is 9.84 Å². The molecule has 1 saturated carbocycles. The first-order valence-corrected chi connectivity index (χ1v) is 11.7. The molecule has 0 spiro atoms. The van der Waals surface area contributed by atoms with Crippen LogP contribution in [0, 0.1) is 5.41 Å². The van der Waals surface area contributed by atoms with E-state index in [0.717, 1.165) is 28.7 Å². The van der Waals surface area contributed by atoms with Gasteiger partial charge in [0.05, 0.1) is 12.0 Å². The van der Waals surface area contributed by atoms with Gasteiger partial charge >= 0.3 is 12.1 Å². The molecule has 3 amide bonds. The Balaban J connectivity index is 1.34. The molecular weight excluding hydrogens is 450 g/mol. The molecule has 2 aromatic rings. The number of fused-ring (bicyclic) bond motifs is 3. The molecule has 2 aromatic carbocycles. The Labute approximate surface area is 203 Å². The molecule has 2 aliphatic rings. The quantitative estimate of drug-likeness (QED) is 0.459. The van der Waals surface area contributed by atoms with Gasteiger partial charge in [0, 0.05) is 12.0 Å². The van der Waals surface area contributed by atoms with Gasteiger partial charge < -0.3 is 25.8 Å². The minimum Gasteiger partial charge on any atom is -0.480 e. The second-order valence-electron chi connectivity index (χ2n) is 9.19. The van der Waals surface area contributed by atoms with Gasteiger partial charge in [-0.15, -0.1) is 0 Å². The topological polar surface area (TPSA) is 134 Å². The highest BCUT2D eigenvalue weighted by molar-refractivity contribution is 5.89. The fourth-order valence-corrected chi connectivity index (χ4v) is 5.05. The first kappa shape index (κ1) is 24.3. The zero-order valence-corrected chi connectivity index (χ0v) is 19.5. The van der Waals surface area contributed by atoms with Crippen LogP contribution in [-0.4, -0.2) is 54.7 Å². The predicted molar refractivity (Wildman–Crippen MR) is 128 cm³/mol. The molecule has 0 radical (unpaired) electrons. The van der Waals surface area contributed by atoms with Crippen LogP contribution in [0.15, 0.2) is 48.5 Å². The maximum Gasteiger partial charge on any atom is 0.407 e. The van der Waals surface area contributed by atoms with E-state index >= 15 is 0 Å². The van der Waals surface area contributed by atoms with Crippen LogP contribution in [0.2, 0.25) is 0 Å². The Kier molecular flexibility index (Phi) is 7.04. The first-order valence-electron chi connectivity index (χ1n) is 11.7. The zero-order chi connectivity index (χ0) is 25.0. The van der Waals surface area contributed by atoms with Crippen LogP contribution in [0.3, 0.4) is 0 Å². The number of hydrogen-bond acceptors (Lipinski definition) is 5. The number of alkyl carbamates (subject to hydrolysis) is 1. The monoisotopic (exact) mass is 479 g/mol. The third kappa shape index (κ3) is 5.13. The lowest BCUT2D eigenvalue weighted by atomic mass is 9.83. The van der Waals surface area contributed by atoms with Crippen molar-refractivity contribution in [3.05, 3.63) is 59.7 Å². The van der Waals surface area contributed by atoms with Crippen LogP contribution in [0.5, 0.6) is 0 Å². The third-order valence-corrected chi connectivity index (χ3v) is 6.96. The number of aliphatic carboxylic acids is 1. The summed E-state index contributed by atoms with van der Waals surface area (Å²) >= 11 is 0. The van der Waals surface area contributed by atoms with Crippen LogP contribution in [0.1, 0.15) is 43.2 Å². The van der Waals surface area contributed by atoms with E-state index in [-0.39, 0.29) is 25.0 Å². The van der Waals surface area contributed by atoms with Crippen LogP contribution in [-0.2, 0) is 19.1 Å². The number of nitrogens with one attached hydrogen (secondary N) is 3. The second kappa shape index (κ2) is 10.2. The number of ether oxygens (including phenoxy) is 1. The highest BCUT2D eigenvalue weighted by atomic mass is 16.5. The zero-order valence-electron chi connectivity index (χ0n) is 19.5. The number of amides is 3. The number of carboxylic acids is 1. The summed E-state index contributed by atoms with van der Waals surface area (Å²) < 4.78 is 5.63. The lowest BCUT2D eigenvalue weighted by Crippen LogP contribution is -2.52. The third-order valence-electron chi connectivity index (χ3n) is 6.96. The molecule has 0 bridgehead atoms. The van der Waals surface area contributed by atoms with Gasteiger partial charge in [-0.05, 0) is 42.0 Å². The van der Waals surface area contributed by atoms with Crippen molar-refractivity contribution in [3.8, 4) is 11.1 Å². The van der Waals surface area contributed by atoms with Gasteiger partial charge in [0.1, 0.15) is 13.2 Å². The van der Waals surface area contributed by atoms with Gasteiger partial charge in [-0.25, -0.2) is 4.79 Å². The largest absolute Gasteiger partial charge is 0.480 e. The van der Waals surface area contributed by atoms with Crippen molar-refractivity contribution in [3.63, 3.8) is 0 Å². The van der Waals surface area contributed by atoms with Crippen LogP contribution >= 0.6 is 0 Å². The van der Waals surface area contributed by atoms with E-state index in [2.05, 4.69) is 28.1 Å². The summed E-state index contributed by atoms with van der Waals surface area (Å²) in [5, 5.41) is 16.2. The Hall–Kier alpha value is -3.88. The molecule has 1 fully saturated rings. The molecular formula is C26H29N3O6. The van der Waals surface area contributed by atoms with Crippen molar-refractivity contribution in [1.82, 2.24) is 16.0 Å². The van der Waals surface area contributed by atoms with Crippen molar-refractivity contribution in [2.45, 2.75) is 38.1 Å². The van der Waals surface area contributed by atoms with Crippen LogP contribution in [0.25, 0.3) is 11.1 Å². The molecule has 0 saturated heterocycles. The fraction of sp³-hybridized carbons (Fsp3) is 0.385. The van der Waals surface area contributed by atoms with E-state index in [1.807, 2.05) is 36.4 Å². The Morgan fingerprint density at radius 1 is 0.971 bits per heavy atom. The number of carboxylic acid groups (broad SMARTS) is 1. The van der Waals surface area contributed by atoms with Gasteiger partial charge in [-0.2, -0.15) is 0 Å². The van der Waals surface area contributed by atoms with E-state index < -0.39 is 36.0 Å². The normalized spacial score (nSPS) is 20.4. The Bertz CT molecular complexity index is 1100. The molecule has 9 nitrogen and oxygen atoms in total. The number of rotatable bonds is 8. The van der Waals surface area contributed by atoms with Crippen molar-refractivity contribution in [1.29, 1.82) is 0 Å². The van der Waals surface area contributed by atoms with Crippen molar-refractivity contribution >= 4 is 23.9 Å². The first-order chi connectivity index (χ1) is 16.8. The summed E-state index contributed by atoms with van der Waals surface area (Å²) in [6, 6.07) is 15.7. The fourth-order valence-electron chi connectivity index (χ4n) is 5.05. The molecule has 4 rings (SSSR count). The summed E-state index contributed by atoms with van der Waals surface area (Å²) in [5.74, 6) is -2.19. The molecule has 0 aliphatic heterocycles. The average molecular weight is 480 g/mol. The van der Waals surface area contributed by atoms with Crippen molar-refractivity contribution in [2.24, 2.45) is 5.41 Å². The number of hydrogen-bond donors (Lipinski definition) is 4. The van der Waals surface area contributed by atoms with Crippen LogP contribution < -0.4 is 16.0 Å². The number of benzene rings is 2. The van der Waals surface area contributed by atoms with E-state index in [0.29, 0.717) is 12.8 Å². The van der Waals surface area contributed by atoms with E-state index in [1.165, 1.54) is 0 Å². The maximum atomic E-state index is 12.8. The SMILES string of the molecule is CC1(C(=O)NCC(=O)NCC(=O)O)CCCC1NC(=O)OCC1c2ccccc2-c2ccccc21. The predicted octanol–water partition coefficient (Wildman–Crippen LogP) is 2.40. The van der Waals surface area contributed by atoms with Gasteiger partial charge in [0.15, 0.2) is 0 Å². The van der Waals surface area contributed by atoms with Gasteiger partial charge in [0.25, 0.3) is 0 Å². The summed E-state index contributed by atoms with van der Waals surface area (Å²) in [6.07, 6.45) is 1.31. The Morgan fingerprint density at radius 2 is 1.60 bits per heavy atom. The maximum absolute atomic E-state index is 12.8. The molecule has 2 aliphatic carbocycles. The van der Waals surface area contributed by atoms with Crippen molar-refractivity contribution < 1.29 is 29.0 Å². The summed E-state index contributed by atoms with van der Waals surface area (Å²) in [6.45, 7) is 1.08. The molecule has 9 heteroatoms. The van der Waals surface area contributed by atoms with E-state index in [9.17, 15) is 19.2 Å². The van der Waals surface area contributed by atoms with Gasteiger partial charge in [-0.1, -0.05) is 55.0 Å². The van der Waals surface area contributed by atoms with Gasteiger partial charge in [-0.3, -0.25) is 14.4 Å². The molecule has 184 valence electrons. The van der Waals surface area contributed by atoms with Crippen LogP contribution in [0.4, 0.5) is 4.79 Å². The number of carbonyl (C=O) groups excluding carboxylic acids is 3. The lowest BCUT2D eigenvalue weighted by Gasteiger charge is -2.30. The second-order valence-corrected chi connectivity index (χ2v) is 9.19. The summed E-state index contributed by atoms with van der Waals surface area (Å²) in [5.41, 5.74) is 3.62. The molecule has 4 N–H and O–H groups in total.